The summed E-state index contributed by atoms with van der Waals surface area (Å²) in [5.41, 5.74) is 0.887. The number of anilines is 1. The van der Waals surface area contributed by atoms with Gasteiger partial charge in [-0.05, 0) is 25.0 Å². The van der Waals surface area contributed by atoms with Gasteiger partial charge in [0.1, 0.15) is 18.2 Å². The zero-order chi connectivity index (χ0) is 13.0. The van der Waals surface area contributed by atoms with Gasteiger partial charge in [-0.1, -0.05) is 0 Å². The summed E-state index contributed by atoms with van der Waals surface area (Å²) in [4.78, 5) is 12.5. The highest BCUT2D eigenvalue weighted by molar-refractivity contribution is 5.66. The van der Waals surface area contributed by atoms with Crippen LogP contribution >= 0.6 is 0 Å². The van der Waals surface area contributed by atoms with E-state index in [1.54, 1.807) is 6.07 Å². The lowest BCUT2D eigenvalue weighted by Crippen LogP contribution is -2.33. The monoisotopic (exact) mass is 253 g/mol. The molecule has 0 aliphatic carbocycles. The van der Waals surface area contributed by atoms with Gasteiger partial charge in [-0.25, -0.2) is 4.39 Å². The number of carboxylic acids is 1. The maximum absolute atomic E-state index is 13.1. The van der Waals surface area contributed by atoms with Crippen LogP contribution in [0.2, 0.25) is 0 Å². The van der Waals surface area contributed by atoms with Crippen molar-refractivity contribution < 1.29 is 19.0 Å². The van der Waals surface area contributed by atoms with E-state index in [1.165, 1.54) is 12.1 Å². The van der Waals surface area contributed by atoms with Crippen LogP contribution < -0.4 is 9.64 Å². The molecule has 0 bridgehead atoms. The van der Waals surface area contributed by atoms with Crippen molar-refractivity contribution in [2.45, 2.75) is 19.3 Å². The molecule has 0 radical (unpaired) electrons. The van der Waals surface area contributed by atoms with E-state index in [4.69, 9.17) is 9.84 Å². The normalized spacial score (nSPS) is 13.9. The molecule has 1 aromatic rings. The van der Waals surface area contributed by atoms with Crippen LogP contribution in [-0.4, -0.2) is 30.8 Å². The van der Waals surface area contributed by atoms with Gasteiger partial charge in [0.15, 0.2) is 0 Å². The lowest BCUT2D eigenvalue weighted by Gasteiger charge is -2.31. The quantitative estimate of drug-likeness (QED) is 0.818. The first-order valence-corrected chi connectivity index (χ1v) is 6.06. The summed E-state index contributed by atoms with van der Waals surface area (Å²) in [6.07, 6.45) is 1.66. The largest absolute Gasteiger partial charge is 0.489 e. The Balaban J connectivity index is 1.93. The van der Waals surface area contributed by atoms with Gasteiger partial charge in [0.2, 0.25) is 0 Å². The number of carbonyl (C=O) groups is 1. The first-order valence-electron chi connectivity index (χ1n) is 6.06. The molecule has 2 rings (SSSR count). The topological polar surface area (TPSA) is 49.8 Å². The van der Waals surface area contributed by atoms with E-state index in [0.717, 1.165) is 25.2 Å². The van der Waals surface area contributed by atoms with Crippen molar-refractivity contribution in [3.8, 4) is 5.75 Å². The molecule has 98 valence electrons. The molecular weight excluding hydrogens is 237 g/mol. The molecule has 1 aliphatic rings. The molecule has 18 heavy (non-hydrogen) atoms. The second-order valence-electron chi connectivity index (χ2n) is 4.30. The minimum atomic E-state index is -0.764. The molecule has 0 unspecified atom stereocenters. The van der Waals surface area contributed by atoms with E-state index < -0.39 is 5.97 Å². The van der Waals surface area contributed by atoms with Crippen LogP contribution in [0.3, 0.4) is 0 Å². The number of carboxylic acid groups (broad SMARTS) is 1. The summed E-state index contributed by atoms with van der Waals surface area (Å²) < 4.78 is 18.5. The predicted molar refractivity (Wildman–Crippen MR) is 65.6 cm³/mol. The molecule has 1 heterocycles. The van der Waals surface area contributed by atoms with Crippen molar-refractivity contribution in [2.75, 3.05) is 24.6 Å². The lowest BCUT2D eigenvalue weighted by atomic mass is 10.2. The third-order valence-electron chi connectivity index (χ3n) is 2.95. The van der Waals surface area contributed by atoms with Crippen LogP contribution in [-0.2, 0) is 4.79 Å². The number of rotatable bonds is 5. The molecule has 0 saturated heterocycles. The molecule has 1 N–H and O–H groups in total. The molecule has 0 spiro atoms. The highest BCUT2D eigenvalue weighted by Gasteiger charge is 2.17. The third-order valence-corrected chi connectivity index (χ3v) is 2.95. The van der Waals surface area contributed by atoms with Gasteiger partial charge in [0, 0.05) is 19.0 Å². The minimum Gasteiger partial charge on any atom is -0.489 e. The number of aliphatic carboxylic acids is 1. The van der Waals surface area contributed by atoms with Gasteiger partial charge < -0.3 is 14.7 Å². The molecular formula is C13H16FNO3. The average Bonchev–Trinajstić information content (AvgIpc) is 2.34. The minimum absolute atomic E-state index is 0.195. The number of ether oxygens (including phenoxy) is 1. The van der Waals surface area contributed by atoms with E-state index in [2.05, 4.69) is 4.90 Å². The van der Waals surface area contributed by atoms with Gasteiger partial charge >= 0.3 is 5.97 Å². The SMILES string of the molecule is O=C(O)CCCCN1CCOc2cc(F)ccc21. The van der Waals surface area contributed by atoms with E-state index >= 15 is 0 Å². The van der Waals surface area contributed by atoms with E-state index in [-0.39, 0.29) is 12.2 Å². The van der Waals surface area contributed by atoms with Gasteiger partial charge in [-0.15, -0.1) is 0 Å². The summed E-state index contributed by atoms with van der Waals surface area (Å²) in [5.74, 6) is -0.500. The first-order chi connectivity index (χ1) is 8.66. The van der Waals surface area contributed by atoms with Crippen LogP contribution in [0.15, 0.2) is 18.2 Å². The second-order valence-corrected chi connectivity index (χ2v) is 4.30. The lowest BCUT2D eigenvalue weighted by molar-refractivity contribution is -0.137. The van der Waals surface area contributed by atoms with Gasteiger partial charge in [0.05, 0.1) is 12.2 Å². The Labute approximate surface area is 105 Å². The van der Waals surface area contributed by atoms with Gasteiger partial charge in [-0.3, -0.25) is 4.79 Å². The number of halogens is 1. The second kappa shape index (κ2) is 5.71. The summed E-state index contributed by atoms with van der Waals surface area (Å²) in [7, 11) is 0. The molecule has 4 nitrogen and oxygen atoms in total. The van der Waals surface area contributed by atoms with Crippen molar-refractivity contribution in [3.05, 3.63) is 24.0 Å². The third kappa shape index (κ3) is 3.12. The first kappa shape index (κ1) is 12.7. The average molecular weight is 253 g/mol. The van der Waals surface area contributed by atoms with Crippen molar-refractivity contribution in [1.82, 2.24) is 0 Å². The summed E-state index contributed by atoms with van der Waals surface area (Å²) in [6, 6.07) is 4.51. The van der Waals surface area contributed by atoms with Crippen molar-refractivity contribution in [1.29, 1.82) is 0 Å². The Bertz CT molecular complexity index is 436. The zero-order valence-electron chi connectivity index (χ0n) is 10.1. The molecule has 1 aliphatic heterocycles. The molecule has 0 saturated carbocycles. The fourth-order valence-corrected chi connectivity index (χ4v) is 2.06. The van der Waals surface area contributed by atoms with Crippen molar-refractivity contribution in [2.24, 2.45) is 0 Å². The van der Waals surface area contributed by atoms with Crippen LogP contribution in [0.4, 0.5) is 10.1 Å². The molecule has 1 aromatic carbocycles. The maximum Gasteiger partial charge on any atom is 0.303 e. The Morgan fingerprint density at radius 1 is 1.44 bits per heavy atom. The van der Waals surface area contributed by atoms with Crippen molar-refractivity contribution >= 4 is 11.7 Å². The van der Waals surface area contributed by atoms with Crippen molar-refractivity contribution in [3.63, 3.8) is 0 Å². The van der Waals surface area contributed by atoms with Crippen LogP contribution in [0.25, 0.3) is 0 Å². The summed E-state index contributed by atoms with van der Waals surface area (Å²) in [5, 5.41) is 8.56. The fraction of sp³-hybridized carbons (Fsp3) is 0.462. The Kier molecular flexibility index (Phi) is 4.02. The fourth-order valence-electron chi connectivity index (χ4n) is 2.06. The summed E-state index contributed by atoms with van der Waals surface area (Å²) in [6.45, 7) is 2.07. The molecule has 5 heteroatoms. The number of fused-ring (bicyclic) bond motifs is 1. The number of nitrogens with zero attached hydrogens (tertiary/aromatic N) is 1. The highest BCUT2D eigenvalue weighted by Crippen LogP contribution is 2.32. The zero-order valence-corrected chi connectivity index (χ0v) is 10.1. The van der Waals surface area contributed by atoms with Gasteiger partial charge in [-0.2, -0.15) is 0 Å². The van der Waals surface area contributed by atoms with Crippen LogP contribution in [0, 0.1) is 5.82 Å². The van der Waals surface area contributed by atoms with E-state index in [9.17, 15) is 9.18 Å². The smallest absolute Gasteiger partial charge is 0.303 e. The standard InChI is InChI=1S/C13H16FNO3/c14-10-4-5-11-12(9-10)18-8-7-15(11)6-2-1-3-13(16)17/h4-5,9H,1-3,6-8H2,(H,16,17). The Hall–Kier alpha value is -1.78. The number of hydrogen-bond donors (Lipinski definition) is 1. The maximum atomic E-state index is 13.1. The van der Waals surface area contributed by atoms with Crippen LogP contribution in [0.5, 0.6) is 5.75 Å². The Morgan fingerprint density at radius 2 is 2.28 bits per heavy atom. The predicted octanol–water partition coefficient (Wildman–Crippen LogP) is 2.28. The van der Waals surface area contributed by atoms with E-state index in [1.807, 2.05) is 0 Å². The van der Waals surface area contributed by atoms with Crippen LogP contribution in [0.1, 0.15) is 19.3 Å². The number of hydrogen-bond acceptors (Lipinski definition) is 3. The highest BCUT2D eigenvalue weighted by atomic mass is 19.1. The summed E-state index contributed by atoms with van der Waals surface area (Å²) >= 11 is 0. The Morgan fingerprint density at radius 3 is 3.06 bits per heavy atom. The molecule has 0 amide bonds. The molecule has 0 atom stereocenters. The number of benzene rings is 1. The molecule has 0 aromatic heterocycles. The molecule has 0 fully saturated rings. The van der Waals surface area contributed by atoms with E-state index in [0.29, 0.717) is 18.8 Å². The number of unbranched alkanes of at least 4 members (excludes halogenated alkanes) is 1. The van der Waals surface area contributed by atoms with Gasteiger partial charge in [0.25, 0.3) is 0 Å².